The summed E-state index contributed by atoms with van der Waals surface area (Å²) in [5, 5.41) is 8.14. The maximum atomic E-state index is 11.7. The number of hydrogen-bond donors (Lipinski definition) is 3. The lowest BCUT2D eigenvalue weighted by atomic mass is 10.1. The van der Waals surface area contributed by atoms with E-state index in [1.807, 2.05) is 0 Å². The Balaban J connectivity index is 2.27. The van der Waals surface area contributed by atoms with Gasteiger partial charge in [-0.3, -0.25) is 9.11 Å². The summed E-state index contributed by atoms with van der Waals surface area (Å²) in [4.78, 5) is -1.09. The molecule has 0 unspecified atom stereocenters. The van der Waals surface area contributed by atoms with Gasteiger partial charge in [0, 0.05) is 11.1 Å². The zero-order chi connectivity index (χ0) is 19.8. The van der Waals surface area contributed by atoms with Gasteiger partial charge >= 0.3 is 0 Å². The average molecular weight is 407 g/mol. The highest BCUT2D eigenvalue weighted by molar-refractivity contribution is 7.86. The van der Waals surface area contributed by atoms with E-state index in [9.17, 15) is 25.9 Å². The van der Waals surface area contributed by atoms with Crippen molar-refractivity contribution in [3.05, 3.63) is 54.6 Å². The Morgan fingerprint density at radius 2 is 1.48 bits per heavy atom. The lowest BCUT2D eigenvalue weighted by Crippen LogP contribution is -2.02. The molecule has 0 saturated carbocycles. The number of azo groups is 1. The van der Waals surface area contributed by atoms with Crippen molar-refractivity contribution >= 4 is 48.1 Å². The molecule has 0 aliphatic rings. The minimum absolute atomic E-state index is 0.0295. The van der Waals surface area contributed by atoms with Gasteiger partial charge in [-0.1, -0.05) is 18.2 Å². The number of rotatable bonds is 4. The zero-order valence-electron chi connectivity index (χ0n) is 13.5. The third-order valence-electron chi connectivity index (χ3n) is 3.64. The fourth-order valence-corrected chi connectivity index (χ4v) is 3.61. The summed E-state index contributed by atoms with van der Waals surface area (Å²) in [7, 11) is -9.25. The highest BCUT2D eigenvalue weighted by Crippen LogP contribution is 2.35. The smallest absolute Gasteiger partial charge is 0.296 e. The largest absolute Gasteiger partial charge is 0.398 e. The Kier molecular flexibility index (Phi) is 4.70. The molecule has 3 aromatic carbocycles. The first kappa shape index (κ1) is 18.9. The molecule has 0 bridgehead atoms. The maximum Gasteiger partial charge on any atom is 0.296 e. The Labute approximate surface area is 154 Å². The number of nitrogen functional groups attached to an aromatic ring is 1. The standard InChI is InChI=1S/C16H13N3O6S2/c17-14-8-12(26(20,21)22)6-10-7-16(27(23,24)25)15(9-13(10)14)19-18-11-4-2-1-3-5-11/h1-9H,17H2,(H,20,21,22)(H,23,24,25). The minimum Gasteiger partial charge on any atom is -0.398 e. The van der Waals surface area contributed by atoms with Crippen LogP contribution in [0.4, 0.5) is 17.1 Å². The monoisotopic (exact) mass is 407 g/mol. The van der Waals surface area contributed by atoms with E-state index in [2.05, 4.69) is 10.2 Å². The second-order valence-corrected chi connectivity index (χ2v) is 8.35. The first-order valence-corrected chi connectivity index (χ1v) is 10.2. The summed E-state index contributed by atoms with van der Waals surface area (Å²) in [6.07, 6.45) is 0. The first-order chi connectivity index (χ1) is 12.6. The van der Waals surface area contributed by atoms with E-state index in [0.29, 0.717) is 5.69 Å². The van der Waals surface area contributed by atoms with Gasteiger partial charge in [-0.2, -0.15) is 21.9 Å². The highest BCUT2D eigenvalue weighted by atomic mass is 32.2. The van der Waals surface area contributed by atoms with Crippen molar-refractivity contribution in [2.75, 3.05) is 5.73 Å². The van der Waals surface area contributed by atoms with E-state index in [1.165, 1.54) is 6.07 Å². The van der Waals surface area contributed by atoms with Crippen LogP contribution in [0.25, 0.3) is 10.8 Å². The van der Waals surface area contributed by atoms with Crippen LogP contribution in [0.1, 0.15) is 0 Å². The van der Waals surface area contributed by atoms with Crippen LogP contribution in [-0.4, -0.2) is 25.9 Å². The molecule has 0 saturated heterocycles. The lowest BCUT2D eigenvalue weighted by Gasteiger charge is -2.09. The summed E-state index contributed by atoms with van der Waals surface area (Å²) in [6.45, 7) is 0. The van der Waals surface area contributed by atoms with Crippen LogP contribution in [0.2, 0.25) is 0 Å². The molecule has 0 amide bonds. The van der Waals surface area contributed by atoms with Crippen molar-refractivity contribution in [2.24, 2.45) is 10.2 Å². The summed E-state index contributed by atoms with van der Waals surface area (Å²) in [5.74, 6) is 0. The van der Waals surface area contributed by atoms with Gasteiger partial charge in [-0.25, -0.2) is 0 Å². The van der Waals surface area contributed by atoms with Gasteiger partial charge in [0.1, 0.15) is 10.6 Å². The van der Waals surface area contributed by atoms with Crippen LogP contribution in [0.15, 0.2) is 74.6 Å². The Morgan fingerprint density at radius 1 is 0.815 bits per heavy atom. The average Bonchev–Trinajstić information content (AvgIpc) is 2.58. The molecular weight excluding hydrogens is 394 g/mol. The Hall–Kier alpha value is -2.86. The second kappa shape index (κ2) is 6.70. The quantitative estimate of drug-likeness (QED) is 0.339. The third-order valence-corrected chi connectivity index (χ3v) is 5.36. The van der Waals surface area contributed by atoms with Gasteiger partial charge in [0.2, 0.25) is 0 Å². The number of anilines is 1. The minimum atomic E-state index is -4.70. The highest BCUT2D eigenvalue weighted by Gasteiger charge is 2.20. The van der Waals surface area contributed by atoms with Crippen molar-refractivity contribution < 1.29 is 25.9 Å². The van der Waals surface area contributed by atoms with Crippen molar-refractivity contribution in [1.82, 2.24) is 0 Å². The van der Waals surface area contributed by atoms with E-state index < -0.39 is 30.0 Å². The normalized spacial score (nSPS) is 12.7. The Morgan fingerprint density at radius 3 is 2.07 bits per heavy atom. The fourth-order valence-electron chi connectivity index (χ4n) is 2.42. The van der Waals surface area contributed by atoms with Crippen LogP contribution in [0.5, 0.6) is 0 Å². The van der Waals surface area contributed by atoms with Gasteiger partial charge < -0.3 is 5.73 Å². The molecule has 3 aromatic rings. The molecule has 0 aromatic heterocycles. The first-order valence-electron chi connectivity index (χ1n) is 7.35. The van der Waals surface area contributed by atoms with Gasteiger partial charge in [0.05, 0.1) is 10.6 Å². The molecule has 0 spiro atoms. The van der Waals surface area contributed by atoms with Crippen molar-refractivity contribution in [1.29, 1.82) is 0 Å². The molecule has 0 fully saturated rings. The van der Waals surface area contributed by atoms with Gasteiger partial charge in [0.25, 0.3) is 20.2 Å². The second-order valence-electron chi connectivity index (χ2n) is 5.54. The molecule has 11 heteroatoms. The van der Waals surface area contributed by atoms with E-state index >= 15 is 0 Å². The van der Waals surface area contributed by atoms with Gasteiger partial charge in [0.15, 0.2) is 0 Å². The van der Waals surface area contributed by atoms with E-state index in [4.69, 9.17) is 5.73 Å². The SMILES string of the molecule is Nc1cc(S(=O)(=O)O)cc2cc(S(=O)(=O)O)c(N=Nc3ccccc3)cc12. The summed E-state index contributed by atoms with van der Waals surface area (Å²) in [6, 6.07) is 12.8. The van der Waals surface area contributed by atoms with Gasteiger partial charge in [-0.15, -0.1) is 5.11 Å². The summed E-state index contributed by atoms with van der Waals surface area (Å²) >= 11 is 0. The molecule has 4 N–H and O–H groups in total. The van der Waals surface area contributed by atoms with E-state index in [-0.39, 0.29) is 22.1 Å². The predicted molar refractivity (Wildman–Crippen MR) is 98.6 cm³/mol. The third kappa shape index (κ3) is 4.11. The lowest BCUT2D eigenvalue weighted by molar-refractivity contribution is 0.481. The Bertz CT molecular complexity index is 1270. The van der Waals surface area contributed by atoms with Crippen molar-refractivity contribution in [2.45, 2.75) is 9.79 Å². The molecule has 0 aliphatic heterocycles. The number of hydrogen-bond acceptors (Lipinski definition) is 7. The molecule has 27 heavy (non-hydrogen) atoms. The topological polar surface area (TPSA) is 159 Å². The molecule has 9 nitrogen and oxygen atoms in total. The van der Waals surface area contributed by atoms with Crippen LogP contribution in [-0.2, 0) is 20.2 Å². The maximum absolute atomic E-state index is 11.7. The molecule has 3 rings (SSSR count). The van der Waals surface area contributed by atoms with E-state index in [0.717, 1.165) is 18.2 Å². The molecule has 0 radical (unpaired) electrons. The fraction of sp³-hybridized carbons (Fsp3) is 0. The summed E-state index contributed by atoms with van der Waals surface area (Å²) in [5.41, 5.74) is 6.07. The zero-order valence-corrected chi connectivity index (χ0v) is 15.1. The summed E-state index contributed by atoms with van der Waals surface area (Å²) < 4.78 is 64.8. The number of fused-ring (bicyclic) bond motifs is 1. The van der Waals surface area contributed by atoms with Crippen molar-refractivity contribution in [3.8, 4) is 0 Å². The number of benzene rings is 3. The van der Waals surface area contributed by atoms with Gasteiger partial charge in [-0.05, 0) is 41.8 Å². The van der Waals surface area contributed by atoms with Crippen LogP contribution >= 0.6 is 0 Å². The molecule has 0 aliphatic carbocycles. The van der Waals surface area contributed by atoms with Crippen LogP contribution in [0.3, 0.4) is 0 Å². The number of nitrogens with two attached hydrogens (primary N) is 1. The van der Waals surface area contributed by atoms with Crippen molar-refractivity contribution in [3.63, 3.8) is 0 Å². The number of nitrogens with zero attached hydrogens (tertiary/aromatic N) is 2. The van der Waals surface area contributed by atoms with E-state index in [1.54, 1.807) is 30.3 Å². The molecular formula is C16H13N3O6S2. The predicted octanol–water partition coefficient (Wildman–Crippen LogP) is 3.33. The van der Waals surface area contributed by atoms with Crippen LogP contribution < -0.4 is 5.73 Å². The van der Waals surface area contributed by atoms with Crippen LogP contribution in [0, 0.1) is 0 Å². The molecule has 0 atom stereocenters. The molecule has 0 heterocycles. The molecule has 140 valence electrons.